The van der Waals surface area contributed by atoms with Crippen molar-refractivity contribution in [2.45, 2.75) is 0 Å². The highest BCUT2D eigenvalue weighted by Gasteiger charge is 2.06. The molecule has 0 amide bonds. The molecule has 0 aliphatic rings. The number of carbonyl (C=O) groups excluding carboxylic acids is 1. The third-order valence-corrected chi connectivity index (χ3v) is 2.32. The Morgan fingerprint density at radius 3 is 2.80 bits per heavy atom. The molecule has 0 bridgehead atoms. The Morgan fingerprint density at radius 2 is 2.27 bits per heavy atom. The molecule has 0 saturated heterocycles. The van der Waals surface area contributed by atoms with E-state index >= 15 is 0 Å². The number of aldehydes is 1. The third kappa shape index (κ3) is 1.97. The standard InChI is InChI=1S/C10H6BrFN2O/c11-8-4-13-14(5-8)10-2-1-7(6-15)3-9(10)12/h1-6H. The fourth-order valence-corrected chi connectivity index (χ4v) is 1.50. The molecule has 0 saturated carbocycles. The van der Waals surface area contributed by atoms with Crippen LogP contribution in [-0.2, 0) is 0 Å². The van der Waals surface area contributed by atoms with Gasteiger partial charge in [-0.15, -0.1) is 0 Å². The summed E-state index contributed by atoms with van der Waals surface area (Å²) in [5, 5.41) is 3.94. The Bertz CT molecular complexity index is 510. The van der Waals surface area contributed by atoms with E-state index in [9.17, 15) is 9.18 Å². The maximum Gasteiger partial charge on any atom is 0.150 e. The van der Waals surface area contributed by atoms with Gasteiger partial charge in [0.2, 0.25) is 0 Å². The van der Waals surface area contributed by atoms with Gasteiger partial charge in [0, 0.05) is 11.8 Å². The molecule has 0 aliphatic heterocycles. The lowest BCUT2D eigenvalue weighted by Crippen LogP contribution is -1.98. The maximum absolute atomic E-state index is 13.5. The van der Waals surface area contributed by atoms with Crippen LogP contribution in [0.15, 0.2) is 35.1 Å². The van der Waals surface area contributed by atoms with Crippen molar-refractivity contribution in [1.29, 1.82) is 0 Å². The molecule has 2 rings (SSSR count). The van der Waals surface area contributed by atoms with Crippen molar-refractivity contribution in [3.8, 4) is 5.69 Å². The van der Waals surface area contributed by atoms with Gasteiger partial charge >= 0.3 is 0 Å². The minimum absolute atomic E-state index is 0.308. The molecule has 0 spiro atoms. The van der Waals surface area contributed by atoms with Crippen LogP contribution in [0.2, 0.25) is 0 Å². The lowest BCUT2D eigenvalue weighted by molar-refractivity contribution is 0.112. The van der Waals surface area contributed by atoms with E-state index in [1.54, 1.807) is 18.5 Å². The number of benzene rings is 1. The molecule has 2 aromatic rings. The van der Waals surface area contributed by atoms with Crippen LogP contribution in [-0.4, -0.2) is 16.1 Å². The van der Waals surface area contributed by atoms with Gasteiger partial charge in [-0.1, -0.05) is 0 Å². The quantitative estimate of drug-likeness (QED) is 0.785. The maximum atomic E-state index is 13.5. The minimum Gasteiger partial charge on any atom is -0.298 e. The van der Waals surface area contributed by atoms with E-state index in [4.69, 9.17) is 0 Å². The Kier molecular flexibility index (Phi) is 2.64. The van der Waals surface area contributed by atoms with Gasteiger partial charge in [-0.3, -0.25) is 4.79 Å². The van der Waals surface area contributed by atoms with Crippen LogP contribution in [0.3, 0.4) is 0 Å². The molecular weight excluding hydrogens is 263 g/mol. The molecule has 0 aliphatic carbocycles. The van der Waals surface area contributed by atoms with Crippen LogP contribution in [0.1, 0.15) is 10.4 Å². The molecule has 1 aromatic carbocycles. The number of nitrogens with zero attached hydrogens (tertiary/aromatic N) is 2. The van der Waals surface area contributed by atoms with Gasteiger partial charge in [0.05, 0.1) is 10.7 Å². The largest absolute Gasteiger partial charge is 0.298 e. The molecule has 76 valence electrons. The van der Waals surface area contributed by atoms with E-state index in [2.05, 4.69) is 21.0 Å². The first-order chi connectivity index (χ1) is 7.20. The van der Waals surface area contributed by atoms with E-state index in [-0.39, 0.29) is 0 Å². The number of hydrogen-bond donors (Lipinski definition) is 0. The summed E-state index contributed by atoms with van der Waals surface area (Å²) >= 11 is 3.22. The second-order valence-corrected chi connectivity index (χ2v) is 3.85. The highest BCUT2D eigenvalue weighted by atomic mass is 79.9. The molecule has 0 radical (unpaired) electrons. The average molecular weight is 269 g/mol. The molecule has 1 aromatic heterocycles. The highest BCUT2D eigenvalue weighted by molar-refractivity contribution is 9.10. The summed E-state index contributed by atoms with van der Waals surface area (Å²) in [4.78, 5) is 10.4. The molecule has 0 fully saturated rings. The van der Waals surface area contributed by atoms with Crippen molar-refractivity contribution < 1.29 is 9.18 Å². The van der Waals surface area contributed by atoms with Crippen molar-refractivity contribution in [2.24, 2.45) is 0 Å². The van der Waals surface area contributed by atoms with Gasteiger partial charge < -0.3 is 0 Å². The second kappa shape index (κ2) is 3.94. The van der Waals surface area contributed by atoms with Crippen molar-refractivity contribution in [1.82, 2.24) is 9.78 Å². The van der Waals surface area contributed by atoms with Crippen LogP contribution in [0, 0.1) is 5.82 Å². The van der Waals surface area contributed by atoms with Crippen molar-refractivity contribution in [3.05, 3.63) is 46.4 Å². The predicted molar refractivity (Wildman–Crippen MR) is 56.6 cm³/mol. The Morgan fingerprint density at radius 1 is 1.47 bits per heavy atom. The smallest absolute Gasteiger partial charge is 0.150 e. The summed E-state index contributed by atoms with van der Waals surface area (Å²) in [7, 11) is 0. The monoisotopic (exact) mass is 268 g/mol. The summed E-state index contributed by atoms with van der Waals surface area (Å²) in [6.45, 7) is 0. The van der Waals surface area contributed by atoms with Crippen LogP contribution in [0.25, 0.3) is 5.69 Å². The Hall–Kier alpha value is -1.49. The first kappa shape index (κ1) is 10.0. The Labute approximate surface area is 93.7 Å². The number of rotatable bonds is 2. The van der Waals surface area contributed by atoms with Crippen LogP contribution in [0.4, 0.5) is 4.39 Å². The molecule has 0 unspecified atom stereocenters. The normalized spacial score (nSPS) is 10.3. The first-order valence-corrected chi connectivity index (χ1v) is 4.95. The van der Waals surface area contributed by atoms with E-state index in [0.29, 0.717) is 17.5 Å². The first-order valence-electron chi connectivity index (χ1n) is 4.16. The molecule has 0 atom stereocenters. The van der Waals surface area contributed by atoms with Gasteiger partial charge in [0.25, 0.3) is 0 Å². The van der Waals surface area contributed by atoms with E-state index in [1.807, 2.05) is 0 Å². The SMILES string of the molecule is O=Cc1ccc(-n2cc(Br)cn2)c(F)c1. The van der Waals surface area contributed by atoms with Crippen molar-refractivity contribution in [3.63, 3.8) is 0 Å². The van der Waals surface area contributed by atoms with Crippen molar-refractivity contribution >= 4 is 22.2 Å². The average Bonchev–Trinajstić information content (AvgIpc) is 2.64. The number of halogens is 2. The van der Waals surface area contributed by atoms with E-state index < -0.39 is 5.82 Å². The lowest BCUT2D eigenvalue weighted by Gasteiger charge is -2.02. The van der Waals surface area contributed by atoms with Crippen LogP contribution < -0.4 is 0 Å². The molecule has 0 N–H and O–H groups in total. The van der Waals surface area contributed by atoms with Gasteiger partial charge in [-0.05, 0) is 34.1 Å². The third-order valence-electron chi connectivity index (χ3n) is 1.91. The number of aromatic nitrogens is 2. The zero-order valence-electron chi connectivity index (χ0n) is 7.52. The molecular formula is C10H6BrFN2O. The van der Waals surface area contributed by atoms with Crippen LogP contribution >= 0.6 is 15.9 Å². The van der Waals surface area contributed by atoms with Gasteiger partial charge in [-0.2, -0.15) is 5.10 Å². The zero-order valence-corrected chi connectivity index (χ0v) is 9.11. The van der Waals surface area contributed by atoms with Crippen LogP contribution in [0.5, 0.6) is 0 Å². The molecule has 1 heterocycles. The Balaban J connectivity index is 2.49. The zero-order chi connectivity index (χ0) is 10.8. The summed E-state index contributed by atoms with van der Waals surface area (Å²) in [6.07, 6.45) is 3.80. The predicted octanol–water partition coefficient (Wildman–Crippen LogP) is 2.59. The number of hydrogen-bond acceptors (Lipinski definition) is 2. The fraction of sp³-hybridized carbons (Fsp3) is 0. The summed E-state index contributed by atoms with van der Waals surface area (Å²) in [5.74, 6) is -0.477. The highest BCUT2D eigenvalue weighted by Crippen LogP contribution is 2.16. The van der Waals surface area contributed by atoms with E-state index in [1.165, 1.54) is 16.8 Å². The topological polar surface area (TPSA) is 34.9 Å². The van der Waals surface area contributed by atoms with Crippen molar-refractivity contribution in [2.75, 3.05) is 0 Å². The molecule has 3 nitrogen and oxygen atoms in total. The van der Waals surface area contributed by atoms with Gasteiger partial charge in [0.15, 0.2) is 0 Å². The second-order valence-electron chi connectivity index (χ2n) is 2.93. The van der Waals surface area contributed by atoms with Gasteiger partial charge in [-0.25, -0.2) is 9.07 Å². The van der Waals surface area contributed by atoms with Gasteiger partial charge in [0.1, 0.15) is 17.8 Å². The summed E-state index contributed by atoms with van der Waals surface area (Å²) in [6, 6.07) is 4.23. The molecule has 5 heteroatoms. The lowest BCUT2D eigenvalue weighted by atomic mass is 10.2. The summed E-state index contributed by atoms with van der Waals surface area (Å²) < 4.78 is 15.7. The molecule has 15 heavy (non-hydrogen) atoms. The van der Waals surface area contributed by atoms with E-state index in [0.717, 1.165) is 4.47 Å². The minimum atomic E-state index is -0.477. The summed E-state index contributed by atoms with van der Waals surface area (Å²) in [5.41, 5.74) is 0.619. The fourth-order valence-electron chi connectivity index (χ4n) is 1.21. The number of carbonyl (C=O) groups is 1.